The highest BCUT2D eigenvalue weighted by Gasteiger charge is 2.10. The van der Waals surface area contributed by atoms with Gasteiger partial charge in [0.1, 0.15) is 0 Å². The molecule has 2 N–H and O–H groups in total. The largest absolute Gasteiger partial charge is 0.329 e. The van der Waals surface area contributed by atoms with Gasteiger partial charge in [-0.05, 0) is 5.56 Å². The summed E-state index contributed by atoms with van der Waals surface area (Å²) in [5.74, 6) is 0. The van der Waals surface area contributed by atoms with Crippen molar-refractivity contribution < 1.29 is 4.92 Å². The van der Waals surface area contributed by atoms with Crippen molar-refractivity contribution in [3.05, 3.63) is 46.0 Å². The van der Waals surface area contributed by atoms with Crippen LogP contribution in [-0.4, -0.2) is 29.6 Å². The van der Waals surface area contributed by atoms with E-state index >= 15 is 0 Å². The summed E-state index contributed by atoms with van der Waals surface area (Å²) in [5.41, 5.74) is 6.46. The fourth-order valence-electron chi connectivity index (χ4n) is 1.39. The molecule has 0 heterocycles. The lowest BCUT2D eigenvalue weighted by molar-refractivity contribution is -0.504. The van der Waals surface area contributed by atoms with E-state index < -0.39 is 0 Å². The maximum atomic E-state index is 10.4. The first-order chi connectivity index (χ1) is 7.22. The summed E-state index contributed by atoms with van der Waals surface area (Å²) in [6.45, 7) is 1.38. The van der Waals surface area contributed by atoms with Crippen LogP contribution in [0.15, 0.2) is 30.3 Å². The third-order valence-electron chi connectivity index (χ3n) is 2.01. The van der Waals surface area contributed by atoms with Gasteiger partial charge in [0.15, 0.2) is 0 Å². The predicted molar refractivity (Wildman–Crippen MR) is 57.8 cm³/mol. The van der Waals surface area contributed by atoms with Gasteiger partial charge in [0, 0.05) is 24.6 Å². The standard InChI is InChI=1S/C10H15N3O2/c11-6-7-12(9-13(14)15)8-10-4-2-1-3-5-10/h1-5H,6-9,11H2. The maximum absolute atomic E-state index is 10.4. The number of nitrogens with two attached hydrogens (primary N) is 1. The average molecular weight is 209 g/mol. The molecule has 82 valence electrons. The lowest BCUT2D eigenvalue weighted by Crippen LogP contribution is -2.33. The summed E-state index contributed by atoms with van der Waals surface area (Å²) in [4.78, 5) is 11.8. The quantitative estimate of drug-likeness (QED) is 0.425. The lowest BCUT2D eigenvalue weighted by Gasteiger charge is -2.16. The van der Waals surface area contributed by atoms with Gasteiger partial charge < -0.3 is 5.73 Å². The fraction of sp³-hybridized carbons (Fsp3) is 0.400. The highest BCUT2D eigenvalue weighted by atomic mass is 16.6. The molecule has 0 saturated carbocycles. The fourth-order valence-corrected chi connectivity index (χ4v) is 1.39. The Kier molecular flexibility index (Phi) is 4.73. The molecule has 1 rings (SSSR count). The molecule has 0 spiro atoms. The van der Waals surface area contributed by atoms with Gasteiger partial charge in [-0.3, -0.25) is 10.1 Å². The SMILES string of the molecule is NCCN(Cc1ccccc1)C[N+](=O)[O-]. The van der Waals surface area contributed by atoms with Crippen molar-refractivity contribution in [2.24, 2.45) is 5.73 Å². The molecule has 0 fully saturated rings. The molecule has 1 aromatic rings. The molecule has 5 nitrogen and oxygen atoms in total. The van der Waals surface area contributed by atoms with E-state index in [9.17, 15) is 10.1 Å². The molecule has 0 aromatic heterocycles. The monoisotopic (exact) mass is 209 g/mol. The predicted octanol–water partition coefficient (Wildman–Crippen LogP) is 0.681. The van der Waals surface area contributed by atoms with Crippen LogP contribution < -0.4 is 5.73 Å². The van der Waals surface area contributed by atoms with Crippen molar-refractivity contribution >= 4 is 0 Å². The smallest absolute Gasteiger partial charge is 0.259 e. The molecule has 0 bridgehead atoms. The van der Waals surface area contributed by atoms with E-state index in [1.165, 1.54) is 0 Å². The van der Waals surface area contributed by atoms with Gasteiger partial charge in [-0.1, -0.05) is 30.3 Å². The molecular weight excluding hydrogens is 194 g/mol. The van der Waals surface area contributed by atoms with E-state index in [0.29, 0.717) is 19.6 Å². The second kappa shape index (κ2) is 6.10. The highest BCUT2D eigenvalue weighted by Crippen LogP contribution is 2.03. The third-order valence-corrected chi connectivity index (χ3v) is 2.01. The zero-order chi connectivity index (χ0) is 11.1. The van der Waals surface area contributed by atoms with E-state index in [1.54, 1.807) is 4.90 Å². The van der Waals surface area contributed by atoms with Crippen LogP contribution in [0.4, 0.5) is 0 Å². The third kappa shape index (κ3) is 4.53. The topological polar surface area (TPSA) is 72.4 Å². The first-order valence-corrected chi connectivity index (χ1v) is 4.80. The Morgan fingerprint density at radius 2 is 2.00 bits per heavy atom. The van der Waals surface area contributed by atoms with Crippen molar-refractivity contribution in [1.82, 2.24) is 4.90 Å². The van der Waals surface area contributed by atoms with E-state index in [0.717, 1.165) is 5.56 Å². The molecule has 0 atom stereocenters. The zero-order valence-electron chi connectivity index (χ0n) is 8.50. The maximum Gasteiger partial charge on any atom is 0.259 e. The van der Waals surface area contributed by atoms with E-state index in [-0.39, 0.29) is 11.6 Å². The minimum absolute atomic E-state index is 0.161. The summed E-state index contributed by atoms with van der Waals surface area (Å²) in [6.07, 6.45) is 0. The second-order valence-electron chi connectivity index (χ2n) is 3.30. The summed E-state index contributed by atoms with van der Waals surface area (Å²) >= 11 is 0. The van der Waals surface area contributed by atoms with Gasteiger partial charge in [0.2, 0.25) is 0 Å². The van der Waals surface area contributed by atoms with Gasteiger partial charge >= 0.3 is 0 Å². The minimum atomic E-state index is -0.335. The molecule has 1 aromatic carbocycles. The Labute approximate surface area is 88.6 Å². The average Bonchev–Trinajstić information content (AvgIpc) is 2.18. The van der Waals surface area contributed by atoms with Crippen LogP contribution >= 0.6 is 0 Å². The Balaban J connectivity index is 2.54. The van der Waals surface area contributed by atoms with Crippen LogP contribution in [0.5, 0.6) is 0 Å². The second-order valence-corrected chi connectivity index (χ2v) is 3.30. The van der Waals surface area contributed by atoms with Crippen molar-refractivity contribution in [2.75, 3.05) is 19.8 Å². The van der Waals surface area contributed by atoms with Crippen molar-refractivity contribution in [3.63, 3.8) is 0 Å². The van der Waals surface area contributed by atoms with Crippen LogP contribution in [0.1, 0.15) is 5.56 Å². The summed E-state index contributed by atoms with van der Waals surface area (Å²) in [7, 11) is 0. The van der Waals surface area contributed by atoms with Gasteiger partial charge in [-0.2, -0.15) is 0 Å². The Morgan fingerprint density at radius 1 is 1.33 bits per heavy atom. The van der Waals surface area contributed by atoms with E-state index in [1.807, 2.05) is 30.3 Å². The first kappa shape index (κ1) is 11.6. The first-order valence-electron chi connectivity index (χ1n) is 4.80. The number of rotatable bonds is 6. The van der Waals surface area contributed by atoms with E-state index in [2.05, 4.69) is 0 Å². The molecule has 0 aliphatic heterocycles. The molecule has 0 amide bonds. The van der Waals surface area contributed by atoms with Crippen LogP contribution in [0, 0.1) is 10.1 Å². The Morgan fingerprint density at radius 3 is 2.53 bits per heavy atom. The molecule has 0 unspecified atom stereocenters. The summed E-state index contributed by atoms with van der Waals surface area (Å²) in [5, 5.41) is 10.4. The molecule has 0 radical (unpaired) electrons. The summed E-state index contributed by atoms with van der Waals surface area (Å²) in [6, 6.07) is 9.65. The number of hydrogen-bond acceptors (Lipinski definition) is 4. The molecule has 15 heavy (non-hydrogen) atoms. The van der Waals surface area contributed by atoms with Crippen LogP contribution in [0.2, 0.25) is 0 Å². The van der Waals surface area contributed by atoms with Crippen molar-refractivity contribution in [1.29, 1.82) is 0 Å². The summed E-state index contributed by atoms with van der Waals surface area (Å²) < 4.78 is 0. The number of nitro groups is 1. The van der Waals surface area contributed by atoms with Gasteiger partial charge in [-0.25, -0.2) is 4.90 Å². The van der Waals surface area contributed by atoms with Crippen LogP contribution in [0.3, 0.4) is 0 Å². The van der Waals surface area contributed by atoms with Gasteiger partial charge in [0.05, 0.1) is 0 Å². The van der Waals surface area contributed by atoms with Crippen LogP contribution in [0.25, 0.3) is 0 Å². The number of nitrogens with zero attached hydrogens (tertiary/aromatic N) is 2. The Hall–Kier alpha value is -1.46. The number of benzene rings is 1. The lowest BCUT2D eigenvalue weighted by atomic mass is 10.2. The van der Waals surface area contributed by atoms with Gasteiger partial charge in [-0.15, -0.1) is 0 Å². The molecule has 5 heteroatoms. The van der Waals surface area contributed by atoms with E-state index in [4.69, 9.17) is 5.73 Å². The molecule has 0 saturated heterocycles. The van der Waals surface area contributed by atoms with Crippen molar-refractivity contribution in [2.45, 2.75) is 6.54 Å². The highest BCUT2D eigenvalue weighted by molar-refractivity contribution is 5.14. The molecule has 0 aliphatic rings. The Bertz CT molecular complexity index is 303. The van der Waals surface area contributed by atoms with Crippen LogP contribution in [-0.2, 0) is 6.54 Å². The normalized spacial score (nSPS) is 10.5. The zero-order valence-corrected chi connectivity index (χ0v) is 8.50. The number of hydrogen-bond donors (Lipinski definition) is 1. The van der Waals surface area contributed by atoms with Crippen molar-refractivity contribution in [3.8, 4) is 0 Å². The molecular formula is C10H15N3O2. The minimum Gasteiger partial charge on any atom is -0.329 e. The van der Waals surface area contributed by atoms with Gasteiger partial charge in [0.25, 0.3) is 6.67 Å². The molecule has 0 aliphatic carbocycles.